The van der Waals surface area contributed by atoms with Gasteiger partial charge in [-0.1, -0.05) is 143 Å². The Balaban J connectivity index is 0.000000217. The number of nitrogens with zero attached hydrogens (tertiary/aromatic N) is 2. The molecular weight excluding hydrogens is 845 g/mol. The van der Waals surface area contributed by atoms with E-state index in [0.29, 0.717) is 5.92 Å². The first-order valence-corrected chi connectivity index (χ1v) is 22.4. The van der Waals surface area contributed by atoms with Crippen molar-refractivity contribution in [2.24, 2.45) is 11.3 Å². The number of aromatic nitrogens is 2. The van der Waals surface area contributed by atoms with Gasteiger partial charge in [-0.25, -0.2) is 0 Å². The zero-order valence-corrected chi connectivity index (χ0v) is 36.2. The number of hydrogen-bond donors (Lipinski definition) is 0. The molecule has 5 heteroatoms. The number of thiophene rings is 1. The Morgan fingerprint density at radius 1 is 0.788 bits per heavy atom. The Kier molecular flexibility index (Phi) is 12.5. The van der Waals surface area contributed by atoms with Crippen molar-refractivity contribution in [2.75, 3.05) is 0 Å². The van der Waals surface area contributed by atoms with E-state index in [4.69, 9.17) is 4.98 Å². The molecule has 0 fully saturated rings. The number of aryl methyl sites for hydroxylation is 1. The summed E-state index contributed by atoms with van der Waals surface area (Å²) in [6, 6.07) is 41.0. The van der Waals surface area contributed by atoms with Crippen molar-refractivity contribution in [3.05, 3.63) is 138 Å². The summed E-state index contributed by atoms with van der Waals surface area (Å²) in [4.78, 5) is 9.52. The summed E-state index contributed by atoms with van der Waals surface area (Å²) in [6.45, 7) is 20.8. The average Bonchev–Trinajstić information content (AvgIpc) is 3.48. The van der Waals surface area contributed by atoms with Gasteiger partial charge in [0.1, 0.15) is 0 Å². The fraction of sp³-hybridized carbons (Fsp3) is 0.277. The first kappa shape index (κ1) is 39.5. The van der Waals surface area contributed by atoms with Crippen LogP contribution in [0.2, 0.25) is 19.6 Å². The van der Waals surface area contributed by atoms with E-state index in [1.165, 1.54) is 53.2 Å². The normalized spacial score (nSPS) is 11.7. The Morgan fingerprint density at radius 3 is 2.13 bits per heavy atom. The largest absolute Gasteiger partial charge is 0.305 e. The van der Waals surface area contributed by atoms with Gasteiger partial charge in [-0.15, -0.1) is 53.6 Å². The molecule has 3 aromatic heterocycles. The van der Waals surface area contributed by atoms with Crippen LogP contribution < -0.4 is 5.19 Å². The first-order valence-electron chi connectivity index (χ1n) is 18.1. The van der Waals surface area contributed by atoms with Crippen LogP contribution in [0.15, 0.2) is 109 Å². The van der Waals surface area contributed by atoms with Crippen molar-refractivity contribution in [3.63, 3.8) is 0 Å². The number of pyridine rings is 2. The van der Waals surface area contributed by atoms with Crippen LogP contribution in [-0.4, -0.2) is 18.0 Å². The van der Waals surface area contributed by atoms with Gasteiger partial charge in [-0.2, -0.15) is 11.3 Å². The topological polar surface area (TPSA) is 25.8 Å². The molecule has 0 saturated heterocycles. The molecule has 52 heavy (non-hydrogen) atoms. The molecule has 0 saturated carbocycles. The van der Waals surface area contributed by atoms with Crippen LogP contribution >= 0.6 is 11.3 Å². The van der Waals surface area contributed by atoms with Crippen LogP contribution in [0.3, 0.4) is 0 Å². The predicted octanol–water partition coefficient (Wildman–Crippen LogP) is 12.8. The summed E-state index contributed by atoms with van der Waals surface area (Å²) in [5, 5.41) is 4.10. The number of rotatable bonds is 7. The van der Waals surface area contributed by atoms with Crippen molar-refractivity contribution >= 4 is 44.8 Å². The Morgan fingerprint density at radius 2 is 1.46 bits per heavy atom. The molecule has 0 aliphatic heterocycles. The summed E-state index contributed by atoms with van der Waals surface area (Å²) in [7, 11) is -1.34. The van der Waals surface area contributed by atoms with Crippen LogP contribution in [0, 0.1) is 30.4 Å². The molecule has 2 nitrogen and oxygen atoms in total. The second-order valence-corrected chi connectivity index (χ2v) is 22.4. The van der Waals surface area contributed by atoms with Crippen LogP contribution in [0.25, 0.3) is 53.8 Å². The maximum Gasteiger partial charge on any atom is 0.0798 e. The van der Waals surface area contributed by atoms with Gasteiger partial charge in [0.25, 0.3) is 0 Å². The number of hydrogen-bond acceptors (Lipinski definition) is 3. The summed E-state index contributed by atoms with van der Waals surface area (Å²) in [6.07, 6.45) is 6.29. The van der Waals surface area contributed by atoms with Gasteiger partial charge in [-0.05, 0) is 69.4 Å². The SMILES string of the molecule is CC(C)Cc1cc(-c2[c-]cccc2)ncc1[Si](C)(C)C.Cc1cnc(-c2[c-]cc(-c3ccccc3)c3c2sc2ccccc23)cc1CC(C)(C)C.[Ir]. The summed E-state index contributed by atoms with van der Waals surface area (Å²) in [5.74, 6) is 0.667. The zero-order chi connectivity index (χ0) is 36.3. The smallest absolute Gasteiger partial charge is 0.0798 e. The Labute approximate surface area is 330 Å². The van der Waals surface area contributed by atoms with Gasteiger partial charge in [0.05, 0.1) is 8.07 Å². The maximum absolute atomic E-state index is 4.84. The maximum atomic E-state index is 4.84. The van der Waals surface area contributed by atoms with Gasteiger partial charge >= 0.3 is 0 Å². The third-order valence-corrected chi connectivity index (χ3v) is 12.4. The monoisotopic (exact) mass is 895 g/mol. The standard InChI is InChI=1S/C29H26NS.C18H24NSi.Ir/c1-19-18-30-25(16-21(19)17-29(2,3)4)23-15-14-22(20-10-6-5-7-11-20)27-24-12-8-9-13-26(24)31-28(23)27;1-14(2)11-16-12-17(15-9-7-6-8-10-15)19-13-18(16)20(3,4)5;/h5-14,16,18H,17H2,1-4H3;6-9,12-14H,11H2,1-5H3;/q2*-1;. The fourth-order valence-electron chi connectivity index (χ4n) is 6.75. The molecule has 269 valence electrons. The van der Waals surface area contributed by atoms with E-state index in [1.807, 2.05) is 35.7 Å². The van der Waals surface area contributed by atoms with E-state index in [9.17, 15) is 0 Å². The van der Waals surface area contributed by atoms with Gasteiger partial charge in [-0.3, -0.25) is 0 Å². The molecule has 7 aromatic rings. The van der Waals surface area contributed by atoms with Gasteiger partial charge < -0.3 is 9.97 Å². The van der Waals surface area contributed by atoms with Crippen molar-refractivity contribution in [2.45, 2.75) is 74.0 Å². The number of fused-ring (bicyclic) bond motifs is 3. The first-order chi connectivity index (χ1) is 24.3. The van der Waals surface area contributed by atoms with E-state index < -0.39 is 8.07 Å². The fourth-order valence-corrected chi connectivity index (χ4v) is 9.58. The minimum atomic E-state index is -1.34. The number of benzene rings is 4. The van der Waals surface area contributed by atoms with Crippen LogP contribution in [-0.2, 0) is 32.9 Å². The molecule has 0 unspecified atom stereocenters. The quantitative estimate of drug-likeness (QED) is 0.118. The van der Waals surface area contributed by atoms with Crippen LogP contribution in [0.1, 0.15) is 51.3 Å². The van der Waals surface area contributed by atoms with E-state index in [-0.39, 0.29) is 25.5 Å². The van der Waals surface area contributed by atoms with Gasteiger partial charge in [0.15, 0.2) is 0 Å². The van der Waals surface area contributed by atoms with E-state index in [0.717, 1.165) is 35.4 Å². The van der Waals surface area contributed by atoms with E-state index in [2.05, 4.69) is 163 Å². The second-order valence-electron chi connectivity index (χ2n) is 16.3. The summed E-state index contributed by atoms with van der Waals surface area (Å²) < 4.78 is 2.57. The Bertz CT molecular complexity index is 2260. The van der Waals surface area contributed by atoms with E-state index >= 15 is 0 Å². The minimum Gasteiger partial charge on any atom is -0.305 e. The summed E-state index contributed by atoms with van der Waals surface area (Å²) >= 11 is 1.84. The average molecular weight is 895 g/mol. The Hall–Kier alpha value is -3.73. The predicted molar refractivity (Wildman–Crippen MR) is 225 cm³/mol. The molecule has 0 spiro atoms. The van der Waals surface area contributed by atoms with Gasteiger partial charge in [0.2, 0.25) is 0 Å². The molecule has 0 bridgehead atoms. The van der Waals surface area contributed by atoms with Crippen LogP contribution in [0.4, 0.5) is 0 Å². The van der Waals surface area contributed by atoms with E-state index in [1.54, 1.807) is 0 Å². The molecule has 0 aliphatic carbocycles. The molecular formula is C47H50IrN2SSi-2. The minimum absolute atomic E-state index is 0. The molecule has 3 heterocycles. The third kappa shape index (κ3) is 9.24. The van der Waals surface area contributed by atoms with Crippen molar-refractivity contribution in [1.82, 2.24) is 9.97 Å². The van der Waals surface area contributed by atoms with Gasteiger partial charge in [0, 0.05) is 37.2 Å². The van der Waals surface area contributed by atoms with Crippen molar-refractivity contribution in [1.29, 1.82) is 0 Å². The van der Waals surface area contributed by atoms with Crippen molar-refractivity contribution in [3.8, 4) is 33.6 Å². The molecule has 0 N–H and O–H groups in total. The molecule has 0 aliphatic rings. The zero-order valence-electron chi connectivity index (χ0n) is 32.0. The third-order valence-electron chi connectivity index (χ3n) is 9.14. The summed E-state index contributed by atoms with van der Waals surface area (Å²) in [5.41, 5.74) is 11.0. The molecule has 1 radical (unpaired) electrons. The second kappa shape index (κ2) is 16.5. The molecule has 4 aromatic carbocycles. The molecule has 7 rings (SSSR count). The van der Waals surface area contributed by atoms with Crippen LogP contribution in [0.5, 0.6) is 0 Å². The van der Waals surface area contributed by atoms with Crippen molar-refractivity contribution < 1.29 is 20.1 Å². The molecule has 0 amide bonds. The molecule has 0 atom stereocenters.